The van der Waals surface area contributed by atoms with Crippen molar-refractivity contribution in [2.45, 2.75) is 20.4 Å². The summed E-state index contributed by atoms with van der Waals surface area (Å²) >= 11 is 6.25. The first-order valence-corrected chi connectivity index (χ1v) is 8.98. The van der Waals surface area contributed by atoms with E-state index in [9.17, 15) is 9.59 Å². The molecule has 0 saturated carbocycles. The van der Waals surface area contributed by atoms with Gasteiger partial charge in [0.15, 0.2) is 6.61 Å². The van der Waals surface area contributed by atoms with E-state index < -0.39 is 5.97 Å². The average molecular weight is 385 g/mol. The van der Waals surface area contributed by atoms with E-state index >= 15 is 0 Å². The lowest BCUT2D eigenvalue weighted by atomic mass is 10.1. The van der Waals surface area contributed by atoms with Crippen LogP contribution in [0.25, 0.3) is 0 Å². The molecule has 3 aromatic rings. The highest BCUT2D eigenvalue weighted by atomic mass is 35.5. The molecule has 1 aromatic carbocycles. The van der Waals surface area contributed by atoms with Gasteiger partial charge in [-0.3, -0.25) is 4.79 Å². The molecule has 0 radical (unpaired) electrons. The number of aromatic nitrogens is 2. The quantitative estimate of drug-likeness (QED) is 0.473. The largest absolute Gasteiger partial charge is 0.453 e. The number of halogens is 1. The molecule has 27 heavy (non-hydrogen) atoms. The van der Waals surface area contributed by atoms with Crippen molar-refractivity contribution in [3.8, 4) is 0 Å². The number of carbonyl (C=O) groups is 2. The molecule has 0 fully saturated rings. The molecule has 2 aromatic heterocycles. The molecule has 0 N–H and O–H groups in total. The van der Waals surface area contributed by atoms with Gasteiger partial charge in [0.05, 0.1) is 0 Å². The van der Waals surface area contributed by atoms with Gasteiger partial charge in [-0.2, -0.15) is 0 Å². The highest BCUT2D eigenvalue weighted by molar-refractivity contribution is 6.31. The second-order valence-electron chi connectivity index (χ2n) is 6.47. The first-order chi connectivity index (χ1) is 12.9. The van der Waals surface area contributed by atoms with Crippen molar-refractivity contribution < 1.29 is 14.3 Å². The van der Waals surface area contributed by atoms with Gasteiger partial charge in [0.2, 0.25) is 5.78 Å². The van der Waals surface area contributed by atoms with Crippen LogP contribution in [0.5, 0.6) is 0 Å². The van der Waals surface area contributed by atoms with Gasteiger partial charge in [-0.25, -0.2) is 4.79 Å². The van der Waals surface area contributed by atoms with Gasteiger partial charge >= 0.3 is 5.97 Å². The van der Waals surface area contributed by atoms with Crippen molar-refractivity contribution in [1.29, 1.82) is 0 Å². The first kappa shape index (κ1) is 19.0. The van der Waals surface area contributed by atoms with Crippen LogP contribution in [-0.4, -0.2) is 27.5 Å². The smallest absolute Gasteiger partial charge is 0.355 e. The summed E-state index contributed by atoms with van der Waals surface area (Å²) < 4.78 is 8.88. The fraction of sp³-hybridized carbons (Fsp3) is 0.238. The fourth-order valence-electron chi connectivity index (χ4n) is 3.08. The van der Waals surface area contributed by atoms with Crippen molar-refractivity contribution in [2.24, 2.45) is 7.05 Å². The Morgan fingerprint density at radius 3 is 2.52 bits per heavy atom. The van der Waals surface area contributed by atoms with Crippen molar-refractivity contribution in [1.82, 2.24) is 9.13 Å². The molecule has 0 aliphatic carbocycles. The standard InChI is InChI=1S/C21H21ClN2O3/c1-14-11-17(15(2)24(14)12-16-7-4-5-8-18(16)22)20(25)13-27-21(26)19-9-6-10-23(19)3/h4-11H,12-13H2,1-3H3. The number of rotatable bonds is 6. The summed E-state index contributed by atoms with van der Waals surface area (Å²) in [5.41, 5.74) is 3.72. The minimum absolute atomic E-state index is 0.226. The maximum Gasteiger partial charge on any atom is 0.355 e. The van der Waals surface area contributed by atoms with Gasteiger partial charge < -0.3 is 13.9 Å². The van der Waals surface area contributed by atoms with E-state index in [4.69, 9.17) is 16.3 Å². The van der Waals surface area contributed by atoms with Crippen molar-refractivity contribution in [3.63, 3.8) is 0 Å². The molecular formula is C21H21ClN2O3. The van der Waals surface area contributed by atoms with Gasteiger partial charge in [-0.15, -0.1) is 0 Å². The Labute approximate surface area is 163 Å². The molecule has 0 spiro atoms. The number of aryl methyl sites for hydroxylation is 2. The van der Waals surface area contributed by atoms with E-state index in [0.717, 1.165) is 17.0 Å². The van der Waals surface area contributed by atoms with Gasteiger partial charge in [0.1, 0.15) is 5.69 Å². The van der Waals surface area contributed by atoms with Crippen molar-refractivity contribution in [2.75, 3.05) is 6.61 Å². The molecule has 140 valence electrons. The van der Waals surface area contributed by atoms with Crippen LogP contribution in [0.1, 0.15) is 37.8 Å². The van der Waals surface area contributed by atoms with Crippen LogP contribution in [0, 0.1) is 13.8 Å². The number of benzene rings is 1. The van der Waals surface area contributed by atoms with Crippen LogP contribution >= 0.6 is 11.6 Å². The minimum Gasteiger partial charge on any atom is -0.453 e. The minimum atomic E-state index is -0.513. The fourth-order valence-corrected chi connectivity index (χ4v) is 3.28. The Morgan fingerprint density at radius 1 is 1.11 bits per heavy atom. The third-order valence-corrected chi connectivity index (χ3v) is 5.02. The zero-order valence-electron chi connectivity index (χ0n) is 15.5. The number of carbonyl (C=O) groups excluding carboxylic acids is 2. The topological polar surface area (TPSA) is 53.2 Å². The molecule has 3 rings (SSSR count). The van der Waals surface area contributed by atoms with E-state index in [2.05, 4.69) is 0 Å². The molecule has 0 aliphatic rings. The van der Waals surface area contributed by atoms with E-state index in [1.165, 1.54) is 0 Å². The molecule has 0 saturated heterocycles. The van der Waals surface area contributed by atoms with E-state index in [0.29, 0.717) is 22.8 Å². The number of esters is 1. The Kier molecular flexibility index (Phi) is 5.51. The van der Waals surface area contributed by atoms with Crippen LogP contribution in [0.4, 0.5) is 0 Å². The number of hydrogen-bond donors (Lipinski definition) is 0. The van der Waals surface area contributed by atoms with Crippen LogP contribution in [0.15, 0.2) is 48.7 Å². The van der Waals surface area contributed by atoms with Crippen molar-refractivity contribution >= 4 is 23.4 Å². The van der Waals surface area contributed by atoms with Crippen molar-refractivity contribution in [3.05, 3.63) is 81.9 Å². The Hall–Kier alpha value is -2.79. The lowest BCUT2D eigenvalue weighted by molar-refractivity contribution is 0.0465. The molecule has 0 atom stereocenters. The third kappa shape index (κ3) is 3.98. The average Bonchev–Trinajstić information content (AvgIpc) is 3.19. The zero-order chi connectivity index (χ0) is 19.6. The highest BCUT2D eigenvalue weighted by Crippen LogP contribution is 2.21. The summed E-state index contributed by atoms with van der Waals surface area (Å²) in [4.78, 5) is 24.7. The first-order valence-electron chi connectivity index (χ1n) is 8.60. The number of ether oxygens (including phenoxy) is 1. The molecule has 0 bridgehead atoms. The summed E-state index contributed by atoms with van der Waals surface area (Å²) in [5.74, 6) is -0.739. The summed E-state index contributed by atoms with van der Waals surface area (Å²) in [6, 6.07) is 12.9. The molecule has 0 unspecified atom stereocenters. The van der Waals surface area contributed by atoms with Gasteiger partial charge in [-0.05, 0) is 43.7 Å². The van der Waals surface area contributed by atoms with Crippen LogP contribution < -0.4 is 0 Å². The zero-order valence-corrected chi connectivity index (χ0v) is 16.3. The summed E-state index contributed by atoms with van der Waals surface area (Å²) in [6.07, 6.45) is 1.75. The van der Waals surface area contributed by atoms with Crippen LogP contribution in [0.2, 0.25) is 5.02 Å². The summed E-state index contributed by atoms with van der Waals surface area (Å²) in [5, 5.41) is 0.689. The van der Waals surface area contributed by atoms with E-state index in [-0.39, 0.29) is 12.4 Å². The maximum absolute atomic E-state index is 12.6. The van der Waals surface area contributed by atoms with Crippen LogP contribution in [0.3, 0.4) is 0 Å². The van der Waals surface area contributed by atoms with E-state index in [1.54, 1.807) is 29.9 Å². The Bertz CT molecular complexity index is 1000. The predicted octanol–water partition coefficient (Wildman–Crippen LogP) is 4.18. The molecule has 5 nitrogen and oxygen atoms in total. The molecule has 6 heteroatoms. The second-order valence-corrected chi connectivity index (χ2v) is 6.87. The Balaban J connectivity index is 1.73. The molecule has 0 aliphatic heterocycles. The highest BCUT2D eigenvalue weighted by Gasteiger charge is 2.19. The lowest BCUT2D eigenvalue weighted by Gasteiger charge is -2.11. The number of nitrogens with zero attached hydrogens (tertiary/aromatic N) is 2. The number of ketones is 1. The van der Waals surface area contributed by atoms with Gasteiger partial charge in [0.25, 0.3) is 0 Å². The predicted molar refractivity (Wildman–Crippen MR) is 104 cm³/mol. The maximum atomic E-state index is 12.6. The monoisotopic (exact) mass is 384 g/mol. The SMILES string of the molecule is Cc1cc(C(=O)COC(=O)c2cccn2C)c(C)n1Cc1ccccc1Cl. The summed E-state index contributed by atoms with van der Waals surface area (Å²) in [7, 11) is 1.75. The molecule has 0 amide bonds. The van der Waals surface area contributed by atoms with Crippen LogP contribution in [-0.2, 0) is 18.3 Å². The lowest BCUT2D eigenvalue weighted by Crippen LogP contribution is -2.17. The normalized spacial score (nSPS) is 10.8. The summed E-state index contributed by atoms with van der Waals surface area (Å²) in [6.45, 7) is 4.11. The number of Topliss-reactive ketones (excluding diaryl/α,β-unsaturated/α-hetero) is 1. The molecular weight excluding hydrogens is 364 g/mol. The molecule has 2 heterocycles. The Morgan fingerprint density at radius 2 is 1.85 bits per heavy atom. The van der Waals surface area contributed by atoms with Gasteiger partial charge in [-0.1, -0.05) is 29.8 Å². The van der Waals surface area contributed by atoms with Gasteiger partial charge in [0, 0.05) is 41.8 Å². The number of hydrogen-bond acceptors (Lipinski definition) is 3. The van der Waals surface area contributed by atoms with E-state index in [1.807, 2.05) is 48.7 Å². The third-order valence-electron chi connectivity index (χ3n) is 4.65. The second kappa shape index (κ2) is 7.84.